The highest BCUT2D eigenvalue weighted by Gasteiger charge is 2.31. The van der Waals surface area contributed by atoms with E-state index in [9.17, 15) is 15.2 Å². The van der Waals surface area contributed by atoms with Gasteiger partial charge in [-0.2, -0.15) is 0 Å². The van der Waals surface area contributed by atoms with Crippen LogP contribution in [-0.4, -0.2) is 15.6 Å². The molecule has 0 aromatic rings. The highest BCUT2D eigenvalue weighted by Crippen LogP contribution is 2.27. The molecule has 4 heteroatoms. The van der Waals surface area contributed by atoms with Crippen LogP contribution in [0.2, 0.25) is 0 Å². The Kier molecular flexibility index (Phi) is 2.76. The first-order valence-corrected chi connectivity index (χ1v) is 4.27. The molecule has 0 bridgehead atoms. The number of terminal acetylenes is 1. The van der Waals surface area contributed by atoms with Gasteiger partial charge in [0.25, 0.3) is 5.70 Å². The summed E-state index contributed by atoms with van der Waals surface area (Å²) in [4.78, 5) is 9.90. The first kappa shape index (κ1) is 10.5. The second kappa shape index (κ2) is 3.67. The second-order valence-corrected chi connectivity index (χ2v) is 3.45. The Morgan fingerprint density at radius 1 is 1.93 bits per heavy atom. The van der Waals surface area contributed by atoms with Crippen LogP contribution in [0, 0.1) is 28.4 Å². The Hall–Kier alpha value is -1.56. The second-order valence-electron chi connectivity index (χ2n) is 3.45. The fraction of sp³-hybridized carbons (Fsp3) is 0.500. The van der Waals surface area contributed by atoms with Crippen LogP contribution >= 0.6 is 0 Å². The molecule has 1 aliphatic rings. The summed E-state index contributed by atoms with van der Waals surface area (Å²) in [7, 11) is 0. The molecule has 14 heavy (non-hydrogen) atoms. The highest BCUT2D eigenvalue weighted by atomic mass is 16.6. The van der Waals surface area contributed by atoms with Gasteiger partial charge in [-0.1, -0.05) is 5.92 Å². The van der Waals surface area contributed by atoms with Gasteiger partial charge in [-0.25, -0.2) is 0 Å². The summed E-state index contributed by atoms with van der Waals surface area (Å²) in [6, 6.07) is 0. The van der Waals surface area contributed by atoms with E-state index in [2.05, 4.69) is 11.7 Å². The summed E-state index contributed by atoms with van der Waals surface area (Å²) < 4.78 is 0. The molecule has 0 fully saturated rings. The molecule has 0 aromatic heterocycles. The van der Waals surface area contributed by atoms with Crippen molar-refractivity contribution < 1.29 is 10.0 Å². The molecule has 0 spiro atoms. The maximum absolute atomic E-state index is 10.4. The lowest BCUT2D eigenvalue weighted by Crippen LogP contribution is -2.32. The summed E-state index contributed by atoms with van der Waals surface area (Å²) in [5.41, 5.74) is 1.36. The van der Waals surface area contributed by atoms with Gasteiger partial charge in [0.05, 0.1) is 4.92 Å². The van der Waals surface area contributed by atoms with Gasteiger partial charge in [0.15, 0.2) is 0 Å². The van der Waals surface area contributed by atoms with Crippen molar-refractivity contribution in [2.75, 3.05) is 0 Å². The Bertz CT molecular complexity index is 356. The van der Waals surface area contributed by atoms with Crippen LogP contribution < -0.4 is 0 Å². The average molecular weight is 193 g/mol. The van der Waals surface area contributed by atoms with Crippen LogP contribution in [0.5, 0.6) is 0 Å². The first-order valence-electron chi connectivity index (χ1n) is 4.27. The first-order chi connectivity index (χ1) is 6.47. The number of nitrogens with zero attached hydrogens (tertiary/aromatic N) is 1. The lowest BCUT2D eigenvalue weighted by atomic mass is 9.84. The molecule has 2 atom stereocenters. The van der Waals surface area contributed by atoms with Crippen LogP contribution in [0.25, 0.3) is 0 Å². The van der Waals surface area contributed by atoms with Crippen molar-refractivity contribution >= 4 is 0 Å². The maximum Gasteiger partial charge on any atom is 0.288 e. The van der Waals surface area contributed by atoms with E-state index in [1.807, 2.05) is 0 Å². The molecule has 0 aliphatic heterocycles. The van der Waals surface area contributed by atoms with Gasteiger partial charge in [-0.3, -0.25) is 10.1 Å². The molecule has 0 aromatic carbocycles. The van der Waals surface area contributed by atoms with Gasteiger partial charge < -0.3 is 5.11 Å². The van der Waals surface area contributed by atoms with Crippen LogP contribution in [0.15, 0.2) is 17.5 Å². The van der Waals surface area contributed by atoms with Crippen LogP contribution in [0.4, 0.5) is 0 Å². The molecular formula is C10H11NO3. The quantitative estimate of drug-likeness (QED) is 0.309. The Morgan fingerprint density at radius 3 is 2.93 bits per heavy atom. The normalized spacial score (nSPS) is 24.6. The van der Waals surface area contributed by atoms with Crippen LogP contribution in [-0.2, 0) is 0 Å². The third kappa shape index (κ3) is 2.02. The summed E-state index contributed by atoms with van der Waals surface area (Å²) in [6.07, 6.45) is 7.41. The minimum atomic E-state index is -1.24. The van der Waals surface area contributed by atoms with E-state index in [0.717, 1.165) is 0 Å². The van der Waals surface area contributed by atoms with Gasteiger partial charge in [0, 0.05) is 12.3 Å². The number of hydrogen-bond donors (Lipinski definition) is 1. The molecule has 2 unspecified atom stereocenters. The fourth-order valence-electron chi connectivity index (χ4n) is 1.34. The van der Waals surface area contributed by atoms with Crippen molar-refractivity contribution in [1.29, 1.82) is 0 Å². The Labute approximate surface area is 82.1 Å². The van der Waals surface area contributed by atoms with Crippen molar-refractivity contribution in [3.05, 3.63) is 27.6 Å². The molecule has 0 radical (unpaired) electrons. The number of hydrogen-bond acceptors (Lipinski definition) is 3. The molecule has 0 saturated carbocycles. The van der Waals surface area contributed by atoms with E-state index in [1.165, 1.54) is 13.0 Å². The third-order valence-electron chi connectivity index (χ3n) is 2.38. The summed E-state index contributed by atoms with van der Waals surface area (Å²) in [5, 5.41) is 20.0. The molecule has 0 heterocycles. The lowest BCUT2D eigenvalue weighted by Gasteiger charge is -2.25. The van der Waals surface area contributed by atoms with Gasteiger partial charge in [-0.15, -0.1) is 6.42 Å². The van der Waals surface area contributed by atoms with E-state index < -0.39 is 10.5 Å². The van der Waals surface area contributed by atoms with Gasteiger partial charge >= 0.3 is 0 Å². The molecular weight excluding hydrogens is 182 g/mol. The van der Waals surface area contributed by atoms with Crippen molar-refractivity contribution in [1.82, 2.24) is 0 Å². The van der Waals surface area contributed by atoms with Crippen molar-refractivity contribution in [2.45, 2.75) is 25.4 Å². The predicted octanol–water partition coefficient (Wildman–Crippen LogP) is 1.10. The smallest absolute Gasteiger partial charge is 0.288 e. The summed E-state index contributed by atoms with van der Waals surface area (Å²) in [5.74, 6) is 2.01. The zero-order chi connectivity index (χ0) is 10.8. The molecule has 1 N–H and O–H groups in total. The van der Waals surface area contributed by atoms with Gasteiger partial charge in [-0.05, 0) is 25.2 Å². The zero-order valence-electron chi connectivity index (χ0n) is 7.86. The average Bonchev–Trinajstić information content (AvgIpc) is 2.18. The van der Waals surface area contributed by atoms with E-state index in [0.29, 0.717) is 12.8 Å². The van der Waals surface area contributed by atoms with E-state index >= 15 is 0 Å². The number of nitro groups is 1. The Balaban J connectivity index is 2.89. The van der Waals surface area contributed by atoms with Crippen molar-refractivity contribution in [3.8, 4) is 12.3 Å². The molecule has 1 rings (SSSR count). The molecule has 0 amide bonds. The summed E-state index contributed by atoms with van der Waals surface area (Å²) >= 11 is 0. The minimum Gasteiger partial charge on any atom is -0.377 e. The molecule has 4 nitrogen and oxygen atoms in total. The topological polar surface area (TPSA) is 63.4 Å². The highest BCUT2D eigenvalue weighted by molar-refractivity contribution is 5.15. The van der Waals surface area contributed by atoms with E-state index in [-0.39, 0.29) is 11.6 Å². The van der Waals surface area contributed by atoms with E-state index in [4.69, 9.17) is 6.42 Å². The minimum absolute atomic E-state index is 0.0501. The standard InChI is InChI=1S/C10H11NO3/c1-3-10(2,12)8-4-6-9(7-5-8)11(13)14/h1,4,8,12H,5,7H2,2H3. The largest absolute Gasteiger partial charge is 0.377 e. The number of rotatable bonds is 2. The van der Waals surface area contributed by atoms with Crippen LogP contribution in [0.3, 0.4) is 0 Å². The predicted molar refractivity (Wildman–Crippen MR) is 50.8 cm³/mol. The lowest BCUT2D eigenvalue weighted by molar-refractivity contribution is -0.428. The third-order valence-corrected chi connectivity index (χ3v) is 2.38. The Morgan fingerprint density at radius 2 is 2.57 bits per heavy atom. The summed E-state index contributed by atoms with van der Waals surface area (Å²) in [6.45, 7) is 1.52. The monoisotopic (exact) mass is 193 g/mol. The van der Waals surface area contributed by atoms with E-state index in [1.54, 1.807) is 0 Å². The number of aliphatic hydroxyl groups is 1. The van der Waals surface area contributed by atoms with Crippen LogP contribution in [0.1, 0.15) is 19.8 Å². The van der Waals surface area contributed by atoms with Gasteiger partial charge in [0.1, 0.15) is 5.60 Å². The maximum atomic E-state index is 10.4. The molecule has 0 saturated heterocycles. The zero-order valence-corrected chi connectivity index (χ0v) is 7.86. The molecule has 74 valence electrons. The van der Waals surface area contributed by atoms with Crippen molar-refractivity contribution in [3.63, 3.8) is 0 Å². The molecule has 1 aliphatic carbocycles. The van der Waals surface area contributed by atoms with Crippen molar-refractivity contribution in [2.24, 2.45) is 5.92 Å². The fourth-order valence-corrected chi connectivity index (χ4v) is 1.34. The van der Waals surface area contributed by atoms with Gasteiger partial charge in [0.2, 0.25) is 0 Å². The SMILES string of the molecule is C#CC(C)(O)C1C=C=C([N+](=O)[O-])CC1.